The second kappa shape index (κ2) is 11.4. The van der Waals surface area contributed by atoms with Crippen LogP contribution in [-0.4, -0.2) is 43.6 Å². The first-order valence-corrected chi connectivity index (χ1v) is 12.9. The number of ketones is 1. The average molecular weight is 515 g/mol. The zero-order valence-electron chi connectivity index (χ0n) is 22.5. The Hall–Kier alpha value is -4.26. The fourth-order valence-corrected chi connectivity index (χ4v) is 4.95. The van der Waals surface area contributed by atoms with Crippen LogP contribution in [0.3, 0.4) is 0 Å². The molecule has 4 rings (SSSR count). The lowest BCUT2D eigenvalue weighted by Crippen LogP contribution is -2.30. The van der Waals surface area contributed by atoms with Gasteiger partial charge in [-0.25, -0.2) is 0 Å². The van der Waals surface area contributed by atoms with Crippen molar-refractivity contribution in [2.45, 2.75) is 33.7 Å². The number of carbonyl (C=O) groups excluding carboxylic acids is 2. The molecule has 38 heavy (non-hydrogen) atoms. The van der Waals surface area contributed by atoms with Gasteiger partial charge in [0.1, 0.15) is 17.3 Å². The Bertz CT molecular complexity index is 1360. The number of aryl methyl sites for hydroxylation is 1. The summed E-state index contributed by atoms with van der Waals surface area (Å²) in [6, 6.07) is 19.2. The maximum Gasteiger partial charge on any atom is 0.300 e. The number of hydrogen-bond donors (Lipinski definition) is 1. The molecule has 1 aliphatic rings. The Morgan fingerprint density at radius 1 is 0.947 bits per heavy atom. The summed E-state index contributed by atoms with van der Waals surface area (Å²) in [5.41, 5.74) is 3.48. The molecular weight excluding hydrogens is 480 g/mol. The van der Waals surface area contributed by atoms with Crippen molar-refractivity contribution in [2.24, 2.45) is 0 Å². The van der Waals surface area contributed by atoms with Crippen molar-refractivity contribution in [3.05, 3.63) is 89.0 Å². The molecule has 0 saturated carbocycles. The molecule has 1 N–H and O–H groups in total. The Balaban J connectivity index is 1.91. The largest absolute Gasteiger partial charge is 0.507 e. The third kappa shape index (κ3) is 4.84. The van der Waals surface area contributed by atoms with Crippen molar-refractivity contribution in [2.75, 3.05) is 36.6 Å². The number of aliphatic hydroxyl groups excluding tert-OH is 1. The van der Waals surface area contributed by atoms with Gasteiger partial charge in [-0.05, 0) is 81.3 Å². The van der Waals surface area contributed by atoms with Crippen LogP contribution in [0.2, 0.25) is 0 Å². The third-order valence-corrected chi connectivity index (χ3v) is 6.87. The highest BCUT2D eigenvalue weighted by molar-refractivity contribution is 6.52. The van der Waals surface area contributed by atoms with Gasteiger partial charge in [0.15, 0.2) is 0 Å². The number of benzene rings is 3. The van der Waals surface area contributed by atoms with E-state index in [2.05, 4.69) is 18.7 Å². The van der Waals surface area contributed by atoms with Gasteiger partial charge in [-0.15, -0.1) is 0 Å². The van der Waals surface area contributed by atoms with Gasteiger partial charge in [-0.3, -0.25) is 14.5 Å². The molecule has 1 saturated heterocycles. The summed E-state index contributed by atoms with van der Waals surface area (Å²) >= 11 is 0. The maximum atomic E-state index is 13.5. The van der Waals surface area contributed by atoms with Crippen LogP contribution in [0, 0.1) is 6.92 Å². The molecule has 7 nitrogen and oxygen atoms in total. The van der Waals surface area contributed by atoms with Crippen LogP contribution in [0.1, 0.15) is 43.5 Å². The minimum absolute atomic E-state index is 0.0278. The average Bonchev–Trinajstić information content (AvgIpc) is 3.20. The van der Waals surface area contributed by atoms with Gasteiger partial charge in [0.2, 0.25) is 0 Å². The molecule has 1 heterocycles. The smallest absolute Gasteiger partial charge is 0.300 e. The van der Waals surface area contributed by atoms with Crippen LogP contribution in [0.5, 0.6) is 11.5 Å². The van der Waals surface area contributed by atoms with Crippen LogP contribution in [-0.2, 0) is 9.59 Å². The predicted octanol–water partition coefficient (Wildman–Crippen LogP) is 5.87. The molecule has 1 atom stereocenters. The summed E-state index contributed by atoms with van der Waals surface area (Å²) < 4.78 is 11.2. The Morgan fingerprint density at radius 3 is 2.24 bits per heavy atom. The van der Waals surface area contributed by atoms with Gasteiger partial charge in [0.25, 0.3) is 11.7 Å². The molecule has 0 bridgehead atoms. The van der Waals surface area contributed by atoms with Crippen molar-refractivity contribution in [1.29, 1.82) is 0 Å². The molecule has 1 amide bonds. The normalized spacial score (nSPS) is 16.6. The van der Waals surface area contributed by atoms with Crippen LogP contribution >= 0.6 is 0 Å². The lowest BCUT2D eigenvalue weighted by molar-refractivity contribution is -0.132. The van der Waals surface area contributed by atoms with Gasteiger partial charge in [0.05, 0.1) is 31.0 Å². The summed E-state index contributed by atoms with van der Waals surface area (Å²) in [7, 11) is 1.52. The van der Waals surface area contributed by atoms with Crippen molar-refractivity contribution in [1.82, 2.24) is 0 Å². The molecule has 0 radical (unpaired) electrons. The number of amides is 1. The summed E-state index contributed by atoms with van der Waals surface area (Å²) in [4.78, 5) is 30.7. The third-order valence-electron chi connectivity index (χ3n) is 6.87. The summed E-state index contributed by atoms with van der Waals surface area (Å²) in [6.45, 7) is 10.2. The van der Waals surface area contributed by atoms with Crippen molar-refractivity contribution in [3.8, 4) is 11.5 Å². The first kappa shape index (κ1) is 26.8. The standard InChI is InChI=1S/C31H34N2O5/c1-6-32(7-2)23-16-13-21(14-17-23)28-27(29(34)22-15-18-25(38-8-3)20(4)19-22)30(35)31(36)33(28)24-11-9-10-12-26(24)37-5/h9-19,28,34H,6-8H2,1-5H3/b29-27-. The number of para-hydroxylation sites is 2. The summed E-state index contributed by atoms with van der Waals surface area (Å²) in [6.07, 6.45) is 0. The van der Waals surface area contributed by atoms with E-state index in [1.807, 2.05) is 38.1 Å². The number of ether oxygens (including phenoxy) is 2. The molecule has 1 fully saturated rings. The number of aliphatic hydroxyl groups is 1. The number of carbonyl (C=O) groups is 2. The van der Waals surface area contributed by atoms with Gasteiger partial charge in [0, 0.05) is 24.3 Å². The van der Waals surface area contributed by atoms with E-state index < -0.39 is 17.7 Å². The number of hydrogen-bond acceptors (Lipinski definition) is 6. The van der Waals surface area contributed by atoms with Crippen LogP contribution < -0.4 is 19.3 Å². The molecular formula is C31H34N2O5. The highest BCUT2D eigenvalue weighted by Gasteiger charge is 2.47. The van der Waals surface area contributed by atoms with Crippen LogP contribution in [0.25, 0.3) is 5.76 Å². The van der Waals surface area contributed by atoms with Crippen molar-refractivity contribution in [3.63, 3.8) is 0 Å². The van der Waals surface area contributed by atoms with Crippen LogP contribution in [0.15, 0.2) is 72.3 Å². The van der Waals surface area contributed by atoms with E-state index in [0.717, 1.165) is 24.3 Å². The van der Waals surface area contributed by atoms with Crippen molar-refractivity contribution < 1.29 is 24.2 Å². The van der Waals surface area contributed by atoms with Crippen molar-refractivity contribution >= 4 is 28.8 Å². The van der Waals surface area contributed by atoms with Crippen LogP contribution in [0.4, 0.5) is 11.4 Å². The fourth-order valence-electron chi connectivity index (χ4n) is 4.95. The molecule has 7 heteroatoms. The Kier molecular flexibility index (Phi) is 8.05. The molecule has 1 aliphatic heterocycles. The monoisotopic (exact) mass is 514 g/mol. The molecule has 0 aromatic heterocycles. The highest BCUT2D eigenvalue weighted by atomic mass is 16.5. The topological polar surface area (TPSA) is 79.3 Å². The predicted molar refractivity (Wildman–Crippen MR) is 150 cm³/mol. The minimum Gasteiger partial charge on any atom is -0.507 e. The minimum atomic E-state index is -0.844. The Labute approximate surface area is 223 Å². The summed E-state index contributed by atoms with van der Waals surface area (Å²) in [5.74, 6) is -0.558. The van der Waals surface area contributed by atoms with E-state index in [9.17, 15) is 14.7 Å². The van der Waals surface area contributed by atoms with Gasteiger partial charge < -0.3 is 19.5 Å². The molecule has 0 spiro atoms. The first-order chi connectivity index (χ1) is 18.4. The number of nitrogens with zero attached hydrogens (tertiary/aromatic N) is 2. The number of Topliss-reactive ketones (excluding diaryl/α,β-unsaturated/α-hetero) is 1. The van der Waals surface area contributed by atoms with E-state index in [1.54, 1.807) is 42.5 Å². The second-order valence-electron chi connectivity index (χ2n) is 9.02. The van der Waals surface area contributed by atoms with E-state index >= 15 is 0 Å². The molecule has 3 aromatic rings. The second-order valence-corrected chi connectivity index (χ2v) is 9.02. The zero-order valence-corrected chi connectivity index (χ0v) is 22.5. The molecule has 198 valence electrons. The van der Waals surface area contributed by atoms with E-state index in [-0.39, 0.29) is 11.3 Å². The first-order valence-electron chi connectivity index (χ1n) is 12.9. The molecule has 1 unspecified atom stereocenters. The molecule has 0 aliphatic carbocycles. The zero-order chi connectivity index (χ0) is 27.4. The quantitative estimate of drug-likeness (QED) is 0.218. The lowest BCUT2D eigenvalue weighted by Gasteiger charge is -2.27. The van der Waals surface area contributed by atoms with E-state index in [0.29, 0.717) is 34.9 Å². The lowest BCUT2D eigenvalue weighted by atomic mass is 9.94. The van der Waals surface area contributed by atoms with E-state index in [1.165, 1.54) is 12.0 Å². The number of rotatable bonds is 9. The fraction of sp³-hybridized carbons (Fsp3) is 0.290. The van der Waals surface area contributed by atoms with E-state index in [4.69, 9.17) is 9.47 Å². The SMILES string of the molecule is CCOc1ccc(/C(O)=C2/C(=O)C(=O)N(c3ccccc3OC)C2c2ccc(N(CC)CC)cc2)cc1C. The molecule has 3 aromatic carbocycles. The highest BCUT2D eigenvalue weighted by Crippen LogP contribution is 2.45. The Morgan fingerprint density at radius 2 is 1.63 bits per heavy atom. The number of methoxy groups -OCH3 is 1. The number of anilines is 2. The van der Waals surface area contributed by atoms with Gasteiger partial charge in [-0.1, -0.05) is 24.3 Å². The van der Waals surface area contributed by atoms with Gasteiger partial charge in [-0.2, -0.15) is 0 Å². The van der Waals surface area contributed by atoms with Gasteiger partial charge >= 0.3 is 0 Å². The maximum absolute atomic E-state index is 13.5. The summed E-state index contributed by atoms with van der Waals surface area (Å²) in [5, 5.41) is 11.5.